The Morgan fingerprint density at radius 3 is 2.55 bits per heavy atom. The molecule has 0 radical (unpaired) electrons. The van der Waals surface area contributed by atoms with E-state index in [4.69, 9.17) is 4.74 Å². The number of halogens is 1. The summed E-state index contributed by atoms with van der Waals surface area (Å²) in [6.45, 7) is 1.72. The van der Waals surface area contributed by atoms with Gasteiger partial charge in [-0.05, 0) is 42.5 Å². The van der Waals surface area contributed by atoms with Crippen LogP contribution >= 0.6 is 0 Å². The topological polar surface area (TPSA) is 78.9 Å². The molecule has 1 amide bonds. The van der Waals surface area contributed by atoms with Crippen LogP contribution in [-0.2, 0) is 28.2 Å². The molecular weight excluding hydrogens is 399 g/mol. The number of fused-ring (bicyclic) bond motifs is 1. The number of ketones is 1. The third-order valence-electron chi connectivity index (χ3n) is 6.27. The largest absolute Gasteiger partial charge is 0.385 e. The van der Waals surface area contributed by atoms with Gasteiger partial charge in [-0.25, -0.2) is 4.39 Å². The minimum Gasteiger partial charge on any atom is -0.385 e. The first-order valence-corrected chi connectivity index (χ1v) is 10.6. The number of carbonyl (C=O) groups excluding carboxylic acids is 2. The van der Waals surface area contributed by atoms with E-state index in [1.54, 1.807) is 13.2 Å². The molecule has 1 saturated heterocycles. The number of carbonyl (C=O) groups is 2. The van der Waals surface area contributed by atoms with Gasteiger partial charge in [0, 0.05) is 37.9 Å². The monoisotopic (exact) mass is 426 g/mol. The van der Waals surface area contributed by atoms with Crippen LogP contribution in [-0.4, -0.2) is 48.4 Å². The van der Waals surface area contributed by atoms with Gasteiger partial charge in [-0.2, -0.15) is 0 Å². The van der Waals surface area contributed by atoms with E-state index in [1.807, 2.05) is 29.2 Å². The maximum Gasteiger partial charge on any atom is 0.224 e. The molecule has 2 aliphatic heterocycles. The lowest BCUT2D eigenvalue weighted by atomic mass is 9.84. The molecule has 1 fully saturated rings. The molecule has 0 atom stereocenters. The predicted molar refractivity (Wildman–Crippen MR) is 114 cm³/mol. The Morgan fingerprint density at radius 1 is 1.16 bits per heavy atom. The lowest BCUT2D eigenvalue weighted by Gasteiger charge is -2.38. The van der Waals surface area contributed by atoms with E-state index in [9.17, 15) is 19.1 Å². The van der Waals surface area contributed by atoms with Crippen molar-refractivity contribution in [1.29, 1.82) is 0 Å². The number of methoxy groups -OCH3 is 1. The van der Waals surface area contributed by atoms with Crippen molar-refractivity contribution in [1.82, 2.24) is 4.90 Å². The highest BCUT2D eigenvalue weighted by Gasteiger charge is 2.35. The second kappa shape index (κ2) is 8.86. The molecule has 164 valence electrons. The highest BCUT2D eigenvalue weighted by molar-refractivity contribution is 6.00. The van der Waals surface area contributed by atoms with E-state index >= 15 is 0 Å². The maximum absolute atomic E-state index is 14.9. The number of anilines is 1. The van der Waals surface area contributed by atoms with Crippen molar-refractivity contribution >= 4 is 17.4 Å². The van der Waals surface area contributed by atoms with Crippen LogP contribution < -0.4 is 5.32 Å². The van der Waals surface area contributed by atoms with Crippen molar-refractivity contribution < 1.29 is 23.8 Å². The first kappa shape index (κ1) is 21.6. The fourth-order valence-electron chi connectivity index (χ4n) is 4.39. The molecule has 0 aromatic heterocycles. The molecule has 2 N–H and O–H groups in total. The molecule has 2 aliphatic rings. The average Bonchev–Trinajstić information content (AvgIpc) is 2.76. The number of likely N-dealkylation sites (tertiary alicyclic amines) is 1. The van der Waals surface area contributed by atoms with E-state index < -0.39 is 11.4 Å². The normalized spacial score (nSPS) is 18.4. The van der Waals surface area contributed by atoms with Crippen LogP contribution in [0, 0.1) is 5.82 Å². The van der Waals surface area contributed by atoms with E-state index in [0.29, 0.717) is 50.2 Å². The minimum atomic E-state index is -0.930. The highest BCUT2D eigenvalue weighted by Crippen LogP contribution is 2.33. The van der Waals surface area contributed by atoms with E-state index in [0.717, 1.165) is 11.1 Å². The Labute approximate surface area is 181 Å². The number of benzene rings is 2. The summed E-state index contributed by atoms with van der Waals surface area (Å²) in [6.07, 6.45) is 1.53. The molecular formula is C24H27FN2O4. The molecule has 4 rings (SSSR count). The number of Topliss-reactive ketones (excluding diaryl/α,β-unsaturated/α-hetero) is 1. The molecule has 6 nitrogen and oxygen atoms in total. The van der Waals surface area contributed by atoms with E-state index in [-0.39, 0.29) is 30.2 Å². The Hall–Kier alpha value is -2.61. The molecule has 2 heterocycles. The zero-order chi connectivity index (χ0) is 22.0. The van der Waals surface area contributed by atoms with Gasteiger partial charge in [0.25, 0.3) is 0 Å². The third kappa shape index (κ3) is 4.54. The van der Waals surface area contributed by atoms with E-state index in [1.165, 1.54) is 6.07 Å². The fourth-order valence-corrected chi connectivity index (χ4v) is 4.39. The van der Waals surface area contributed by atoms with Gasteiger partial charge >= 0.3 is 0 Å². The van der Waals surface area contributed by atoms with Crippen molar-refractivity contribution in [2.75, 3.05) is 32.1 Å². The lowest BCUT2D eigenvalue weighted by molar-refractivity contribution is -0.116. The second-order valence-corrected chi connectivity index (χ2v) is 8.36. The molecule has 31 heavy (non-hydrogen) atoms. The summed E-state index contributed by atoms with van der Waals surface area (Å²) in [4.78, 5) is 26.2. The number of hydrogen-bond acceptors (Lipinski definition) is 5. The lowest BCUT2D eigenvalue weighted by Crippen LogP contribution is -2.44. The maximum atomic E-state index is 14.9. The molecule has 0 aliphatic carbocycles. The van der Waals surface area contributed by atoms with Crippen LogP contribution in [0.25, 0.3) is 0 Å². The SMILES string of the molecule is COCc1ccc(C2(O)CCN(CC(=O)c3ccc4c(c3F)CCC(=O)N4)CC2)cc1. The van der Waals surface area contributed by atoms with Gasteiger partial charge in [0.15, 0.2) is 5.78 Å². The number of rotatable bonds is 6. The van der Waals surface area contributed by atoms with Gasteiger partial charge in [-0.3, -0.25) is 14.5 Å². The molecule has 2 aromatic rings. The van der Waals surface area contributed by atoms with Gasteiger partial charge in [0.1, 0.15) is 5.82 Å². The van der Waals surface area contributed by atoms with Crippen LogP contribution in [0.15, 0.2) is 36.4 Å². The summed E-state index contributed by atoms with van der Waals surface area (Å²) in [7, 11) is 1.65. The van der Waals surface area contributed by atoms with Crippen molar-refractivity contribution in [2.24, 2.45) is 0 Å². The van der Waals surface area contributed by atoms with Crippen molar-refractivity contribution in [2.45, 2.75) is 37.9 Å². The first-order chi connectivity index (χ1) is 14.9. The van der Waals surface area contributed by atoms with Crippen LogP contribution in [0.3, 0.4) is 0 Å². The number of aliphatic hydroxyl groups is 1. The Balaban J connectivity index is 1.39. The Bertz CT molecular complexity index is 982. The summed E-state index contributed by atoms with van der Waals surface area (Å²) in [5.74, 6) is -0.959. The smallest absolute Gasteiger partial charge is 0.224 e. The third-order valence-corrected chi connectivity index (χ3v) is 6.27. The summed E-state index contributed by atoms with van der Waals surface area (Å²) < 4.78 is 20.0. The quantitative estimate of drug-likeness (QED) is 0.695. The van der Waals surface area contributed by atoms with Crippen LogP contribution in [0.1, 0.15) is 46.3 Å². The summed E-state index contributed by atoms with van der Waals surface area (Å²) in [5, 5.41) is 13.7. The predicted octanol–water partition coefficient (Wildman–Crippen LogP) is 3.02. The standard InChI is InChI=1S/C24H27FN2O4/c1-31-15-16-2-4-17(5-3-16)24(30)10-12-27(13-11-24)14-21(28)19-6-8-20-18(23(19)25)7-9-22(29)26-20/h2-6,8,30H,7,9-15H2,1H3,(H,26,29). The average molecular weight is 426 g/mol. The molecule has 2 aromatic carbocycles. The second-order valence-electron chi connectivity index (χ2n) is 8.36. The van der Waals surface area contributed by atoms with Crippen molar-refractivity contribution in [3.05, 3.63) is 64.5 Å². The van der Waals surface area contributed by atoms with E-state index in [2.05, 4.69) is 5.32 Å². The molecule has 0 bridgehead atoms. The Morgan fingerprint density at radius 2 is 1.87 bits per heavy atom. The molecule has 0 saturated carbocycles. The van der Waals surface area contributed by atoms with Crippen LogP contribution in [0.2, 0.25) is 0 Å². The van der Waals surface area contributed by atoms with Gasteiger partial charge in [-0.1, -0.05) is 24.3 Å². The van der Waals surface area contributed by atoms with Crippen LogP contribution in [0.5, 0.6) is 0 Å². The first-order valence-electron chi connectivity index (χ1n) is 10.6. The van der Waals surface area contributed by atoms with Gasteiger partial charge in [0.2, 0.25) is 5.91 Å². The zero-order valence-electron chi connectivity index (χ0n) is 17.6. The summed E-state index contributed by atoms with van der Waals surface area (Å²) in [6, 6.07) is 10.8. The number of ether oxygens (including phenoxy) is 1. The number of nitrogens with zero attached hydrogens (tertiary/aromatic N) is 1. The highest BCUT2D eigenvalue weighted by atomic mass is 19.1. The number of hydrogen-bond donors (Lipinski definition) is 2. The number of piperidine rings is 1. The fraction of sp³-hybridized carbons (Fsp3) is 0.417. The van der Waals surface area contributed by atoms with Crippen LogP contribution in [0.4, 0.5) is 10.1 Å². The minimum absolute atomic E-state index is 0.0597. The zero-order valence-corrected chi connectivity index (χ0v) is 17.6. The van der Waals surface area contributed by atoms with Crippen molar-refractivity contribution in [3.63, 3.8) is 0 Å². The molecule has 7 heteroatoms. The van der Waals surface area contributed by atoms with Gasteiger partial charge in [0.05, 0.1) is 24.3 Å². The molecule has 0 spiro atoms. The summed E-state index contributed by atoms with van der Waals surface area (Å²) >= 11 is 0. The number of nitrogens with one attached hydrogen (secondary N) is 1. The Kier molecular flexibility index (Phi) is 6.18. The summed E-state index contributed by atoms with van der Waals surface area (Å²) in [5.41, 5.74) is 1.88. The van der Waals surface area contributed by atoms with Crippen molar-refractivity contribution in [3.8, 4) is 0 Å². The number of amides is 1. The molecule has 0 unspecified atom stereocenters. The van der Waals surface area contributed by atoms with Gasteiger partial charge < -0.3 is 15.2 Å². The van der Waals surface area contributed by atoms with Gasteiger partial charge in [-0.15, -0.1) is 0 Å².